The average molecular weight is 249 g/mol. The zero-order chi connectivity index (χ0) is 13.7. The average Bonchev–Trinajstić information content (AvgIpc) is 2.29. The molecule has 0 saturated heterocycles. The fourth-order valence-corrected chi connectivity index (χ4v) is 2.01. The number of methoxy groups -OCH3 is 1. The molecule has 0 aliphatic rings. The maximum Gasteiger partial charge on any atom is 0.143 e. The van der Waals surface area contributed by atoms with Gasteiger partial charge in [-0.25, -0.2) is 0 Å². The van der Waals surface area contributed by atoms with Gasteiger partial charge in [-0.05, 0) is 57.0 Å². The molecule has 0 fully saturated rings. The Balaban J connectivity index is 2.72. The predicted molar refractivity (Wildman–Crippen MR) is 74.4 cm³/mol. The van der Waals surface area contributed by atoms with Crippen LogP contribution in [0.1, 0.15) is 23.6 Å². The first kappa shape index (κ1) is 14.7. The van der Waals surface area contributed by atoms with Crippen molar-refractivity contribution < 1.29 is 9.53 Å². The van der Waals surface area contributed by atoms with E-state index in [9.17, 15) is 4.79 Å². The lowest BCUT2D eigenvalue weighted by Gasteiger charge is -2.17. The topological polar surface area (TPSA) is 29.5 Å². The molecule has 0 spiro atoms. The molecule has 1 rings (SSSR count). The van der Waals surface area contributed by atoms with Crippen LogP contribution in [0.3, 0.4) is 0 Å². The highest BCUT2D eigenvalue weighted by atomic mass is 16.5. The molecule has 0 aliphatic carbocycles. The van der Waals surface area contributed by atoms with Gasteiger partial charge in [0.15, 0.2) is 0 Å². The molecule has 0 aliphatic heterocycles. The number of ether oxygens (including phenoxy) is 1. The van der Waals surface area contributed by atoms with E-state index in [4.69, 9.17) is 4.74 Å². The highest BCUT2D eigenvalue weighted by Crippen LogP contribution is 2.23. The Morgan fingerprint density at radius 1 is 1.28 bits per heavy atom. The van der Waals surface area contributed by atoms with Gasteiger partial charge in [-0.3, -0.25) is 9.69 Å². The molecule has 0 N–H and O–H groups in total. The van der Waals surface area contributed by atoms with E-state index in [-0.39, 0.29) is 5.78 Å². The molecule has 0 amide bonds. The maximum absolute atomic E-state index is 11.0. The zero-order valence-electron chi connectivity index (χ0n) is 12.0. The summed E-state index contributed by atoms with van der Waals surface area (Å²) in [5.74, 6) is 1.14. The summed E-state index contributed by atoms with van der Waals surface area (Å²) in [6.45, 7) is 7.18. The van der Waals surface area contributed by atoms with E-state index >= 15 is 0 Å². The molecule has 1 aromatic carbocycles. The summed E-state index contributed by atoms with van der Waals surface area (Å²) < 4.78 is 5.41. The first-order valence-electron chi connectivity index (χ1n) is 6.26. The molecule has 0 saturated carbocycles. The third kappa shape index (κ3) is 4.15. The van der Waals surface area contributed by atoms with Crippen LogP contribution < -0.4 is 4.74 Å². The van der Waals surface area contributed by atoms with E-state index in [0.717, 1.165) is 18.7 Å². The molecular formula is C15H23NO2. The number of ketones is 1. The minimum Gasteiger partial charge on any atom is -0.496 e. The van der Waals surface area contributed by atoms with Crippen LogP contribution in [-0.4, -0.2) is 37.9 Å². The van der Waals surface area contributed by atoms with Crippen LogP contribution in [0.15, 0.2) is 12.1 Å². The van der Waals surface area contributed by atoms with Crippen molar-refractivity contribution in [3.05, 3.63) is 28.8 Å². The minimum atomic E-state index is 0.199. The minimum absolute atomic E-state index is 0.199. The lowest BCUT2D eigenvalue weighted by atomic mass is 10.0. The number of nitrogens with zero attached hydrogens (tertiary/aromatic N) is 1. The van der Waals surface area contributed by atoms with E-state index < -0.39 is 0 Å². The van der Waals surface area contributed by atoms with Gasteiger partial charge in [-0.1, -0.05) is 6.07 Å². The van der Waals surface area contributed by atoms with Gasteiger partial charge in [-0.15, -0.1) is 0 Å². The van der Waals surface area contributed by atoms with Gasteiger partial charge in [0.2, 0.25) is 0 Å². The molecule has 3 heteroatoms. The first-order chi connectivity index (χ1) is 8.43. The summed E-state index contributed by atoms with van der Waals surface area (Å²) in [6.07, 6.45) is 0.897. The van der Waals surface area contributed by atoms with Gasteiger partial charge >= 0.3 is 0 Å². The molecular weight excluding hydrogens is 226 g/mol. The van der Waals surface area contributed by atoms with Crippen molar-refractivity contribution in [3.63, 3.8) is 0 Å². The van der Waals surface area contributed by atoms with Gasteiger partial charge in [0.1, 0.15) is 11.5 Å². The van der Waals surface area contributed by atoms with Gasteiger partial charge in [0.05, 0.1) is 13.7 Å². The summed E-state index contributed by atoms with van der Waals surface area (Å²) in [7, 11) is 3.67. The molecule has 18 heavy (non-hydrogen) atoms. The molecule has 0 aromatic heterocycles. The summed E-state index contributed by atoms with van der Waals surface area (Å²) in [4.78, 5) is 13.1. The smallest absolute Gasteiger partial charge is 0.143 e. The largest absolute Gasteiger partial charge is 0.496 e. The summed E-state index contributed by atoms with van der Waals surface area (Å²) in [5.41, 5.74) is 3.73. The van der Waals surface area contributed by atoms with Crippen molar-refractivity contribution in [2.75, 3.05) is 27.2 Å². The van der Waals surface area contributed by atoms with Gasteiger partial charge in [-0.2, -0.15) is 0 Å². The molecule has 0 bridgehead atoms. The highest BCUT2D eigenvalue weighted by molar-refractivity contribution is 5.77. The van der Waals surface area contributed by atoms with Crippen molar-refractivity contribution >= 4 is 5.78 Å². The Hall–Kier alpha value is -1.35. The quantitative estimate of drug-likeness (QED) is 0.775. The predicted octanol–water partition coefficient (Wildman–Crippen LogP) is 2.38. The Kier molecular flexibility index (Phi) is 5.35. The standard InChI is InChI=1S/C15H23NO2/c1-11-8-14(15(18-5)9-12(11)2)6-7-16(4)10-13(3)17/h8-9H,6-7,10H2,1-5H3. The molecule has 1 aromatic rings. The molecule has 0 atom stereocenters. The van der Waals surface area contributed by atoms with E-state index in [1.165, 1.54) is 16.7 Å². The fourth-order valence-electron chi connectivity index (χ4n) is 2.01. The Labute approximate surface area is 110 Å². The van der Waals surface area contributed by atoms with Crippen LogP contribution in [-0.2, 0) is 11.2 Å². The first-order valence-corrected chi connectivity index (χ1v) is 6.26. The van der Waals surface area contributed by atoms with Crippen LogP contribution >= 0.6 is 0 Å². The second kappa shape index (κ2) is 6.55. The number of carbonyl (C=O) groups excluding carboxylic acids is 1. The third-order valence-electron chi connectivity index (χ3n) is 3.15. The van der Waals surface area contributed by atoms with Crippen molar-refractivity contribution in [3.8, 4) is 5.75 Å². The van der Waals surface area contributed by atoms with Crippen molar-refractivity contribution in [1.82, 2.24) is 4.90 Å². The lowest BCUT2D eigenvalue weighted by Crippen LogP contribution is -2.26. The Bertz CT molecular complexity index is 427. The van der Waals surface area contributed by atoms with Crippen LogP contribution in [0.4, 0.5) is 0 Å². The number of aryl methyl sites for hydroxylation is 2. The fraction of sp³-hybridized carbons (Fsp3) is 0.533. The number of hydrogen-bond donors (Lipinski definition) is 0. The summed E-state index contributed by atoms with van der Waals surface area (Å²) >= 11 is 0. The Morgan fingerprint density at radius 3 is 2.44 bits per heavy atom. The highest BCUT2D eigenvalue weighted by Gasteiger charge is 2.08. The number of Topliss-reactive ketones (excluding diaryl/α,β-unsaturated/α-hetero) is 1. The SMILES string of the molecule is COc1cc(C)c(C)cc1CCN(C)CC(C)=O. The van der Waals surface area contributed by atoms with Crippen molar-refractivity contribution in [2.24, 2.45) is 0 Å². The van der Waals surface area contributed by atoms with Crippen LogP contribution in [0.25, 0.3) is 0 Å². The maximum atomic E-state index is 11.0. The molecule has 0 unspecified atom stereocenters. The zero-order valence-corrected chi connectivity index (χ0v) is 12.0. The van der Waals surface area contributed by atoms with Crippen LogP contribution in [0.2, 0.25) is 0 Å². The second-order valence-electron chi connectivity index (χ2n) is 4.94. The monoisotopic (exact) mass is 249 g/mol. The normalized spacial score (nSPS) is 10.8. The molecule has 100 valence electrons. The third-order valence-corrected chi connectivity index (χ3v) is 3.15. The number of rotatable bonds is 6. The van der Waals surface area contributed by atoms with E-state index in [1.807, 2.05) is 11.9 Å². The summed E-state index contributed by atoms with van der Waals surface area (Å²) in [6, 6.07) is 4.26. The molecule has 0 radical (unpaired) electrons. The number of carbonyl (C=O) groups is 1. The number of hydrogen-bond acceptors (Lipinski definition) is 3. The van der Waals surface area contributed by atoms with E-state index in [2.05, 4.69) is 26.0 Å². The second-order valence-corrected chi connectivity index (χ2v) is 4.94. The molecule has 3 nitrogen and oxygen atoms in total. The van der Waals surface area contributed by atoms with Crippen molar-refractivity contribution in [1.29, 1.82) is 0 Å². The van der Waals surface area contributed by atoms with Gasteiger partial charge in [0, 0.05) is 6.54 Å². The van der Waals surface area contributed by atoms with Crippen LogP contribution in [0.5, 0.6) is 5.75 Å². The van der Waals surface area contributed by atoms with E-state index in [1.54, 1.807) is 14.0 Å². The van der Waals surface area contributed by atoms with Gasteiger partial charge < -0.3 is 4.74 Å². The summed E-state index contributed by atoms with van der Waals surface area (Å²) in [5, 5.41) is 0. The van der Waals surface area contributed by atoms with Crippen molar-refractivity contribution in [2.45, 2.75) is 27.2 Å². The number of likely N-dealkylation sites (N-methyl/N-ethyl adjacent to an activating group) is 1. The van der Waals surface area contributed by atoms with Crippen LogP contribution in [0, 0.1) is 13.8 Å². The number of benzene rings is 1. The molecule has 0 heterocycles. The lowest BCUT2D eigenvalue weighted by molar-refractivity contribution is -0.117. The van der Waals surface area contributed by atoms with E-state index in [0.29, 0.717) is 6.54 Å². The van der Waals surface area contributed by atoms with Gasteiger partial charge in [0.25, 0.3) is 0 Å². The Morgan fingerprint density at radius 2 is 1.89 bits per heavy atom.